The van der Waals surface area contributed by atoms with Crippen molar-refractivity contribution < 1.29 is 14.3 Å². The maximum absolute atomic E-state index is 13.0. The van der Waals surface area contributed by atoms with Gasteiger partial charge in [-0.25, -0.2) is 9.18 Å². The number of aliphatic imine (C=N–C) groups is 1. The molecule has 16 heavy (non-hydrogen) atoms. The number of rotatable bonds is 2. The van der Waals surface area contributed by atoms with Crippen molar-refractivity contribution in [3.8, 4) is 0 Å². The van der Waals surface area contributed by atoms with E-state index in [2.05, 4.69) is 4.99 Å². The molecule has 0 radical (unpaired) electrons. The quantitative estimate of drug-likeness (QED) is 0.859. The highest BCUT2D eigenvalue weighted by molar-refractivity contribution is 8.14. The molecular weight excluding hydrogens is 229 g/mol. The van der Waals surface area contributed by atoms with Crippen LogP contribution in [0.4, 0.5) is 4.39 Å². The Balaban J connectivity index is 2.29. The Bertz CT molecular complexity index is 473. The van der Waals surface area contributed by atoms with Crippen molar-refractivity contribution in [2.75, 3.05) is 5.75 Å². The van der Waals surface area contributed by atoms with Gasteiger partial charge in [0.1, 0.15) is 5.82 Å². The van der Waals surface area contributed by atoms with Crippen molar-refractivity contribution in [3.05, 3.63) is 35.1 Å². The smallest absolute Gasteiger partial charge is 0.329 e. The van der Waals surface area contributed by atoms with E-state index >= 15 is 0 Å². The van der Waals surface area contributed by atoms with Crippen LogP contribution in [-0.4, -0.2) is 27.9 Å². The molecule has 0 fully saturated rings. The molecule has 1 atom stereocenters. The van der Waals surface area contributed by atoms with Gasteiger partial charge in [0.05, 0.1) is 5.04 Å². The highest BCUT2D eigenvalue weighted by Crippen LogP contribution is 2.24. The number of aryl methyl sites for hydroxylation is 1. The van der Waals surface area contributed by atoms with Crippen LogP contribution in [0.25, 0.3) is 0 Å². The zero-order valence-corrected chi connectivity index (χ0v) is 9.42. The fourth-order valence-corrected chi connectivity index (χ4v) is 2.46. The topological polar surface area (TPSA) is 49.7 Å². The van der Waals surface area contributed by atoms with E-state index in [-0.39, 0.29) is 5.82 Å². The van der Waals surface area contributed by atoms with Gasteiger partial charge in [0.2, 0.25) is 0 Å². The molecule has 0 saturated carbocycles. The Morgan fingerprint density at radius 1 is 1.62 bits per heavy atom. The van der Waals surface area contributed by atoms with Gasteiger partial charge in [-0.1, -0.05) is 0 Å². The van der Waals surface area contributed by atoms with Crippen LogP contribution >= 0.6 is 11.8 Å². The molecule has 0 bridgehead atoms. The number of carboxylic acid groups (broad SMARTS) is 1. The summed E-state index contributed by atoms with van der Waals surface area (Å²) in [6, 6.07) is 4.01. The molecule has 1 aromatic carbocycles. The summed E-state index contributed by atoms with van der Waals surface area (Å²) in [7, 11) is 0. The van der Waals surface area contributed by atoms with Gasteiger partial charge in [-0.15, -0.1) is 11.8 Å². The first kappa shape index (κ1) is 11.1. The predicted molar refractivity (Wildman–Crippen MR) is 61.6 cm³/mol. The zero-order chi connectivity index (χ0) is 11.7. The molecule has 5 heteroatoms. The molecule has 2 rings (SSSR count). The normalized spacial score (nSPS) is 19.6. The molecule has 1 aromatic rings. The Labute approximate surface area is 96.4 Å². The number of aliphatic carboxylic acids is 1. The molecule has 1 N–H and O–H groups in total. The molecule has 1 unspecified atom stereocenters. The van der Waals surface area contributed by atoms with Crippen molar-refractivity contribution in [1.82, 2.24) is 0 Å². The van der Waals surface area contributed by atoms with Gasteiger partial charge in [0, 0.05) is 11.3 Å². The lowest BCUT2D eigenvalue weighted by molar-refractivity contribution is -0.137. The van der Waals surface area contributed by atoms with Crippen molar-refractivity contribution in [3.63, 3.8) is 0 Å². The first-order chi connectivity index (χ1) is 7.58. The number of hydrogen-bond donors (Lipinski definition) is 1. The summed E-state index contributed by atoms with van der Waals surface area (Å²) in [5.41, 5.74) is 1.33. The second kappa shape index (κ2) is 4.25. The number of halogens is 1. The van der Waals surface area contributed by atoms with E-state index in [1.165, 1.54) is 17.8 Å². The molecule has 0 aromatic heterocycles. The summed E-state index contributed by atoms with van der Waals surface area (Å²) in [5, 5.41) is 9.47. The highest BCUT2D eigenvalue weighted by atomic mass is 32.2. The predicted octanol–water partition coefficient (Wildman–Crippen LogP) is 2.08. The van der Waals surface area contributed by atoms with E-state index in [9.17, 15) is 9.18 Å². The third kappa shape index (κ3) is 2.09. The second-order valence-corrected chi connectivity index (χ2v) is 4.57. The highest BCUT2D eigenvalue weighted by Gasteiger charge is 2.25. The molecule has 0 amide bonds. The Morgan fingerprint density at radius 3 is 2.94 bits per heavy atom. The van der Waals surface area contributed by atoms with Crippen LogP contribution in [0.2, 0.25) is 0 Å². The zero-order valence-electron chi connectivity index (χ0n) is 8.61. The van der Waals surface area contributed by atoms with Crippen LogP contribution in [0.15, 0.2) is 23.2 Å². The lowest BCUT2D eigenvalue weighted by atomic mass is 10.1. The maximum atomic E-state index is 13.0. The van der Waals surface area contributed by atoms with Gasteiger partial charge in [-0.2, -0.15) is 0 Å². The molecule has 0 saturated heterocycles. The van der Waals surface area contributed by atoms with Gasteiger partial charge in [-0.05, 0) is 30.7 Å². The Morgan fingerprint density at radius 2 is 2.38 bits per heavy atom. The fraction of sp³-hybridized carbons (Fsp3) is 0.273. The summed E-state index contributed by atoms with van der Waals surface area (Å²) in [6.07, 6.45) is 0. The maximum Gasteiger partial charge on any atom is 0.329 e. The first-order valence-electron chi connectivity index (χ1n) is 4.78. The largest absolute Gasteiger partial charge is 0.480 e. The van der Waals surface area contributed by atoms with Crippen molar-refractivity contribution in [1.29, 1.82) is 0 Å². The van der Waals surface area contributed by atoms with Gasteiger partial charge >= 0.3 is 5.97 Å². The minimum Gasteiger partial charge on any atom is -0.480 e. The SMILES string of the molecule is Cc1cc(C2=NC(C(=O)O)CS2)ccc1F. The lowest BCUT2D eigenvalue weighted by Crippen LogP contribution is -2.17. The Kier molecular flexibility index (Phi) is 2.96. The summed E-state index contributed by atoms with van der Waals surface area (Å²) in [5.74, 6) is -0.732. The Hall–Kier alpha value is -1.36. The lowest BCUT2D eigenvalue weighted by Gasteiger charge is -2.01. The third-order valence-electron chi connectivity index (χ3n) is 2.34. The van der Waals surface area contributed by atoms with E-state index < -0.39 is 12.0 Å². The number of thioether (sulfide) groups is 1. The average molecular weight is 239 g/mol. The second-order valence-electron chi connectivity index (χ2n) is 3.56. The van der Waals surface area contributed by atoms with Crippen LogP contribution in [0, 0.1) is 12.7 Å². The summed E-state index contributed by atoms with van der Waals surface area (Å²) in [6.45, 7) is 1.67. The monoisotopic (exact) mass is 239 g/mol. The van der Waals surface area contributed by atoms with E-state index in [0.29, 0.717) is 16.4 Å². The molecule has 1 aliphatic rings. The molecule has 0 spiro atoms. The number of hydrogen-bond acceptors (Lipinski definition) is 3. The number of nitrogens with zero attached hydrogens (tertiary/aromatic N) is 1. The fourth-order valence-electron chi connectivity index (χ4n) is 1.44. The van der Waals surface area contributed by atoms with E-state index in [1.807, 2.05) is 0 Å². The summed E-state index contributed by atoms with van der Waals surface area (Å²) in [4.78, 5) is 14.8. The molecular formula is C11H10FNO2S. The average Bonchev–Trinajstić information content (AvgIpc) is 2.71. The third-order valence-corrected chi connectivity index (χ3v) is 3.44. The summed E-state index contributed by atoms with van der Waals surface area (Å²) < 4.78 is 13.0. The first-order valence-corrected chi connectivity index (χ1v) is 5.76. The molecule has 3 nitrogen and oxygen atoms in total. The standard InChI is InChI=1S/C11H10FNO2S/c1-6-4-7(2-3-8(6)12)10-13-9(5-16-10)11(14)15/h2-4,9H,5H2,1H3,(H,14,15). The van der Waals surface area contributed by atoms with Crippen molar-refractivity contribution in [2.24, 2.45) is 4.99 Å². The number of carbonyl (C=O) groups is 1. The minimum atomic E-state index is -0.915. The van der Waals surface area contributed by atoms with E-state index in [4.69, 9.17) is 5.11 Å². The van der Waals surface area contributed by atoms with Gasteiger partial charge < -0.3 is 5.11 Å². The van der Waals surface area contributed by atoms with Crippen LogP contribution in [-0.2, 0) is 4.79 Å². The van der Waals surface area contributed by atoms with E-state index in [0.717, 1.165) is 5.56 Å². The number of benzene rings is 1. The van der Waals surface area contributed by atoms with Crippen LogP contribution in [0.3, 0.4) is 0 Å². The van der Waals surface area contributed by atoms with Gasteiger partial charge in [0.15, 0.2) is 6.04 Å². The van der Waals surface area contributed by atoms with Crippen molar-refractivity contribution in [2.45, 2.75) is 13.0 Å². The number of carboxylic acids is 1. The minimum absolute atomic E-state index is 0.262. The van der Waals surface area contributed by atoms with Crippen LogP contribution < -0.4 is 0 Å². The van der Waals surface area contributed by atoms with Crippen molar-refractivity contribution >= 4 is 22.8 Å². The molecule has 84 valence electrons. The summed E-state index contributed by atoms with van der Waals surface area (Å²) >= 11 is 1.39. The van der Waals surface area contributed by atoms with E-state index in [1.54, 1.807) is 19.1 Å². The molecule has 1 aliphatic heterocycles. The molecule has 0 aliphatic carbocycles. The van der Waals surface area contributed by atoms with Gasteiger partial charge in [-0.3, -0.25) is 4.99 Å². The van der Waals surface area contributed by atoms with Crippen LogP contribution in [0.5, 0.6) is 0 Å². The molecule has 1 heterocycles. The van der Waals surface area contributed by atoms with Crippen LogP contribution in [0.1, 0.15) is 11.1 Å². The van der Waals surface area contributed by atoms with Gasteiger partial charge in [0.25, 0.3) is 0 Å².